The fraction of sp³-hybridized carbons (Fsp3) is 0.154. The first-order chi connectivity index (χ1) is 9.80. The van der Waals surface area contributed by atoms with Gasteiger partial charge in [0.1, 0.15) is 5.52 Å². The van der Waals surface area contributed by atoms with Crippen LogP contribution in [0.1, 0.15) is 0 Å². The van der Waals surface area contributed by atoms with Crippen LogP contribution in [0, 0.1) is 0 Å². The molecule has 6 nitrogen and oxygen atoms in total. The summed E-state index contributed by atoms with van der Waals surface area (Å²) in [5.41, 5.74) is 2.39. The van der Waals surface area contributed by atoms with E-state index < -0.39 is 0 Å². The highest BCUT2D eigenvalue weighted by Crippen LogP contribution is 2.24. The standard InChI is InChI=1S/C13H14N6S/c1-14-13-18-11-10(15-7-16-11)12(19-13)17-8-3-5-9(20-2)6-4-8/h3-7H,1-2H3,(H3,14,15,16,17,18,19). The summed E-state index contributed by atoms with van der Waals surface area (Å²) in [6, 6.07) is 8.18. The van der Waals surface area contributed by atoms with Crippen LogP contribution in [0.5, 0.6) is 0 Å². The third kappa shape index (κ3) is 2.39. The maximum atomic E-state index is 4.42. The van der Waals surface area contributed by atoms with Crippen molar-refractivity contribution < 1.29 is 0 Å². The van der Waals surface area contributed by atoms with Crippen LogP contribution >= 0.6 is 11.8 Å². The number of aromatic nitrogens is 4. The molecule has 2 aromatic heterocycles. The van der Waals surface area contributed by atoms with Crippen LogP contribution in [0.2, 0.25) is 0 Å². The molecule has 0 saturated carbocycles. The minimum atomic E-state index is 0.535. The monoisotopic (exact) mass is 286 g/mol. The van der Waals surface area contributed by atoms with Gasteiger partial charge in [0, 0.05) is 17.6 Å². The Hall–Kier alpha value is -2.28. The third-order valence-corrected chi connectivity index (χ3v) is 3.61. The molecular weight excluding hydrogens is 272 g/mol. The average Bonchev–Trinajstić information content (AvgIpc) is 2.96. The van der Waals surface area contributed by atoms with Gasteiger partial charge in [0.25, 0.3) is 0 Å². The number of fused-ring (bicyclic) bond motifs is 1. The second-order valence-corrected chi connectivity index (χ2v) is 4.98. The number of hydrogen-bond donors (Lipinski definition) is 3. The molecule has 20 heavy (non-hydrogen) atoms. The van der Waals surface area contributed by atoms with Crippen molar-refractivity contribution in [2.45, 2.75) is 4.90 Å². The summed E-state index contributed by atoms with van der Waals surface area (Å²) in [5, 5.41) is 6.22. The summed E-state index contributed by atoms with van der Waals surface area (Å²) in [6.07, 6.45) is 3.67. The Balaban J connectivity index is 1.98. The van der Waals surface area contributed by atoms with Gasteiger partial charge in [0.05, 0.1) is 6.33 Å². The molecule has 0 atom stereocenters. The lowest BCUT2D eigenvalue weighted by molar-refractivity contribution is 1.18. The number of nitrogens with one attached hydrogen (secondary N) is 3. The van der Waals surface area contributed by atoms with Crippen LogP contribution in [0.15, 0.2) is 35.5 Å². The van der Waals surface area contributed by atoms with Gasteiger partial charge in [0.15, 0.2) is 11.5 Å². The predicted molar refractivity (Wildman–Crippen MR) is 82.7 cm³/mol. The molecule has 0 radical (unpaired) electrons. The van der Waals surface area contributed by atoms with Crippen LogP contribution < -0.4 is 10.6 Å². The largest absolute Gasteiger partial charge is 0.357 e. The number of benzene rings is 1. The molecule has 0 saturated heterocycles. The van der Waals surface area contributed by atoms with E-state index in [0.717, 1.165) is 11.2 Å². The minimum Gasteiger partial charge on any atom is -0.357 e. The smallest absolute Gasteiger partial charge is 0.226 e. The zero-order chi connectivity index (χ0) is 13.9. The molecule has 3 rings (SSSR count). The first-order valence-corrected chi connectivity index (χ1v) is 7.32. The van der Waals surface area contributed by atoms with E-state index in [-0.39, 0.29) is 0 Å². The number of hydrogen-bond acceptors (Lipinski definition) is 6. The number of H-pyrrole nitrogens is 1. The van der Waals surface area contributed by atoms with Gasteiger partial charge in [-0.2, -0.15) is 9.97 Å². The lowest BCUT2D eigenvalue weighted by Crippen LogP contribution is -2.01. The number of rotatable bonds is 4. The van der Waals surface area contributed by atoms with Gasteiger partial charge in [-0.25, -0.2) is 4.98 Å². The van der Waals surface area contributed by atoms with Crippen molar-refractivity contribution in [2.24, 2.45) is 0 Å². The lowest BCUT2D eigenvalue weighted by Gasteiger charge is -2.08. The van der Waals surface area contributed by atoms with Crippen molar-refractivity contribution in [1.82, 2.24) is 19.9 Å². The summed E-state index contributed by atoms with van der Waals surface area (Å²) in [5.74, 6) is 1.24. The van der Waals surface area contributed by atoms with Gasteiger partial charge in [-0.05, 0) is 30.5 Å². The van der Waals surface area contributed by atoms with E-state index in [4.69, 9.17) is 0 Å². The first-order valence-electron chi connectivity index (χ1n) is 6.10. The Kier molecular flexibility index (Phi) is 3.42. The van der Waals surface area contributed by atoms with Crippen LogP contribution in [0.3, 0.4) is 0 Å². The van der Waals surface area contributed by atoms with E-state index in [9.17, 15) is 0 Å². The van der Waals surface area contributed by atoms with E-state index >= 15 is 0 Å². The Morgan fingerprint density at radius 1 is 1.15 bits per heavy atom. The summed E-state index contributed by atoms with van der Waals surface area (Å²) >= 11 is 1.71. The number of nitrogens with zero attached hydrogens (tertiary/aromatic N) is 3. The number of thioether (sulfide) groups is 1. The molecule has 0 unspecified atom stereocenters. The molecule has 0 bridgehead atoms. The van der Waals surface area contributed by atoms with Gasteiger partial charge < -0.3 is 15.6 Å². The SMILES string of the molecule is CNc1nc(Nc2ccc(SC)cc2)c2[nH]cnc2n1. The summed E-state index contributed by atoms with van der Waals surface area (Å²) < 4.78 is 0. The number of anilines is 3. The van der Waals surface area contributed by atoms with Crippen molar-refractivity contribution in [3.8, 4) is 0 Å². The zero-order valence-corrected chi connectivity index (χ0v) is 12.0. The Bertz CT molecular complexity index is 721. The average molecular weight is 286 g/mol. The van der Waals surface area contributed by atoms with E-state index in [2.05, 4.69) is 49.0 Å². The molecule has 0 aliphatic heterocycles. The zero-order valence-electron chi connectivity index (χ0n) is 11.1. The highest BCUT2D eigenvalue weighted by atomic mass is 32.2. The van der Waals surface area contributed by atoms with Gasteiger partial charge in [-0.15, -0.1) is 11.8 Å². The van der Waals surface area contributed by atoms with E-state index in [1.54, 1.807) is 25.1 Å². The molecule has 7 heteroatoms. The van der Waals surface area contributed by atoms with Crippen molar-refractivity contribution in [1.29, 1.82) is 0 Å². The molecular formula is C13H14N6S. The van der Waals surface area contributed by atoms with E-state index in [1.807, 2.05) is 12.1 Å². The Morgan fingerprint density at radius 3 is 2.65 bits per heavy atom. The minimum absolute atomic E-state index is 0.535. The topological polar surface area (TPSA) is 78.5 Å². The Morgan fingerprint density at radius 2 is 1.95 bits per heavy atom. The highest BCUT2D eigenvalue weighted by molar-refractivity contribution is 7.98. The molecule has 0 spiro atoms. The van der Waals surface area contributed by atoms with Crippen LogP contribution in [-0.2, 0) is 0 Å². The molecule has 102 valence electrons. The van der Waals surface area contributed by atoms with Crippen molar-refractivity contribution >= 4 is 40.4 Å². The predicted octanol–water partition coefficient (Wildman–Crippen LogP) is 2.86. The summed E-state index contributed by atoms with van der Waals surface area (Å²) in [4.78, 5) is 17.1. The van der Waals surface area contributed by atoms with Gasteiger partial charge in [0.2, 0.25) is 5.95 Å². The van der Waals surface area contributed by atoms with Crippen molar-refractivity contribution in [3.05, 3.63) is 30.6 Å². The molecule has 0 aliphatic rings. The number of aromatic amines is 1. The molecule has 0 amide bonds. The van der Waals surface area contributed by atoms with Crippen molar-refractivity contribution in [3.63, 3.8) is 0 Å². The maximum absolute atomic E-state index is 4.42. The fourth-order valence-corrected chi connectivity index (χ4v) is 2.25. The maximum Gasteiger partial charge on any atom is 0.226 e. The van der Waals surface area contributed by atoms with Crippen molar-refractivity contribution in [2.75, 3.05) is 23.9 Å². The Labute approximate surface area is 120 Å². The van der Waals surface area contributed by atoms with E-state index in [0.29, 0.717) is 17.4 Å². The quantitative estimate of drug-likeness (QED) is 0.640. The van der Waals surface area contributed by atoms with Crippen LogP contribution in [0.25, 0.3) is 11.2 Å². The molecule has 0 fully saturated rings. The lowest BCUT2D eigenvalue weighted by atomic mass is 10.3. The first kappa shape index (κ1) is 12.7. The second-order valence-electron chi connectivity index (χ2n) is 4.10. The van der Waals surface area contributed by atoms with Crippen LogP contribution in [-0.4, -0.2) is 33.2 Å². The molecule has 3 aromatic rings. The number of imidazole rings is 1. The molecule has 3 N–H and O–H groups in total. The molecule has 1 aromatic carbocycles. The van der Waals surface area contributed by atoms with Gasteiger partial charge in [-0.3, -0.25) is 0 Å². The van der Waals surface area contributed by atoms with Gasteiger partial charge >= 0.3 is 0 Å². The fourth-order valence-electron chi connectivity index (χ4n) is 1.85. The van der Waals surface area contributed by atoms with Crippen LogP contribution in [0.4, 0.5) is 17.5 Å². The highest BCUT2D eigenvalue weighted by Gasteiger charge is 2.09. The second kappa shape index (κ2) is 5.38. The third-order valence-electron chi connectivity index (χ3n) is 2.86. The molecule has 2 heterocycles. The molecule has 0 aliphatic carbocycles. The van der Waals surface area contributed by atoms with E-state index in [1.165, 1.54) is 4.90 Å². The normalized spacial score (nSPS) is 10.7. The summed E-state index contributed by atoms with van der Waals surface area (Å²) in [7, 11) is 1.78. The summed E-state index contributed by atoms with van der Waals surface area (Å²) in [6.45, 7) is 0. The van der Waals surface area contributed by atoms with Gasteiger partial charge in [-0.1, -0.05) is 0 Å².